The van der Waals surface area contributed by atoms with Gasteiger partial charge in [0.2, 0.25) is 0 Å². The van der Waals surface area contributed by atoms with Crippen molar-refractivity contribution in [2.24, 2.45) is 0 Å². The first-order valence-corrected chi connectivity index (χ1v) is 28.2. The summed E-state index contributed by atoms with van der Waals surface area (Å²) in [6.07, 6.45) is 2.73. The van der Waals surface area contributed by atoms with Crippen molar-refractivity contribution < 1.29 is 57.7 Å². The molecule has 0 amide bonds. The minimum absolute atomic E-state index is 0. The van der Waals surface area contributed by atoms with Gasteiger partial charge in [-0.25, -0.2) is 9.97 Å². The molecule has 0 unspecified atom stereocenters. The predicted octanol–water partition coefficient (Wildman–Crippen LogP) is 13.6. The maximum Gasteiger partial charge on any atom is 2.00 e. The van der Waals surface area contributed by atoms with Gasteiger partial charge in [0.15, 0.2) is 0 Å². The number of ether oxygens (including phenoxy) is 7. The van der Waals surface area contributed by atoms with Crippen molar-refractivity contribution in [3.63, 3.8) is 0 Å². The van der Waals surface area contributed by atoms with Gasteiger partial charge in [-0.1, -0.05) is 80.6 Å². The number of benzene rings is 4. The van der Waals surface area contributed by atoms with Gasteiger partial charge >= 0.3 is 19.5 Å². The molecule has 17 heteroatoms. The molecule has 1 N–H and O–H groups in total. The molecule has 436 valence electrons. The molecule has 0 radical (unpaired) electrons. The summed E-state index contributed by atoms with van der Waals surface area (Å²) in [5.41, 5.74) is 4.92. The number of aliphatic hydroxyl groups excluding tert-OH is 1. The maximum absolute atomic E-state index is 8.45. The molecule has 9 rings (SSSR count). The summed E-state index contributed by atoms with van der Waals surface area (Å²) >= 11 is 0. The average Bonchev–Trinajstić information content (AvgIpc) is 3.96. The van der Waals surface area contributed by atoms with Crippen LogP contribution in [0.15, 0.2) is 72.8 Å². The number of hydrogen-bond donors (Lipinski definition) is 1. The molecule has 0 aliphatic carbocycles. The van der Waals surface area contributed by atoms with Crippen LogP contribution in [0.5, 0.6) is 5.75 Å². The number of aliphatic hydroxyl groups is 1. The molecule has 4 aromatic carbocycles. The second-order valence-corrected chi connectivity index (χ2v) is 23.8. The molecule has 5 heterocycles. The molecule has 0 saturated heterocycles. The van der Waals surface area contributed by atoms with Gasteiger partial charge in [0.05, 0.1) is 76.7 Å². The van der Waals surface area contributed by atoms with Gasteiger partial charge in [-0.05, 0) is 148 Å². The van der Waals surface area contributed by atoms with E-state index in [2.05, 4.69) is 80.5 Å². The Bertz CT molecular complexity index is 3470. The predicted molar refractivity (Wildman–Crippen MR) is 323 cm³/mol. The first kappa shape index (κ1) is 65.5. The van der Waals surface area contributed by atoms with Crippen molar-refractivity contribution in [2.75, 3.05) is 54.9 Å². The molecule has 2 aliphatic rings. The molecule has 16 nitrogen and oxygen atoms in total. The SMILES string of the molecule is CC.COC(C)(C)CCO.COC(C)(C)CCOc1cccc2c3nc4nc(nc5[n-]c(nc6nc(nc([n-]3)c12)-c1cccc(C(C)(C)OCCC(C)(C)OC)c1-6)c1cccc(C)c51)-c1cccc(C(C)(C)OCCC(C)(C)OC)c1-4.[Zn+2]. The van der Waals surface area contributed by atoms with Gasteiger partial charge in [0.1, 0.15) is 5.75 Å². The van der Waals surface area contributed by atoms with Gasteiger partial charge in [-0.3, -0.25) is 0 Å². The molecule has 7 aromatic rings. The fourth-order valence-electron chi connectivity index (χ4n) is 9.46. The van der Waals surface area contributed by atoms with E-state index in [9.17, 15) is 0 Å². The Morgan fingerprint density at radius 2 is 0.817 bits per heavy atom. The van der Waals surface area contributed by atoms with Crippen LogP contribution in [0.3, 0.4) is 0 Å². The second kappa shape index (κ2) is 26.5. The normalized spacial score (nSPS) is 12.7. The second-order valence-electron chi connectivity index (χ2n) is 23.8. The summed E-state index contributed by atoms with van der Waals surface area (Å²) in [6.45, 7) is 32.1. The Hall–Kier alpha value is -5.62. The van der Waals surface area contributed by atoms with E-state index in [0.717, 1.165) is 55.1 Å². The van der Waals surface area contributed by atoms with Crippen molar-refractivity contribution >= 4 is 44.1 Å². The standard InChI is InChI=1S/C57H66N8O6.C6H14O2.C2H6.Zn/c1-33-19-15-20-34-41(33)49-58-45(34)60-50-43-36(22-17-25-39(43)57(10,11)71-32-29-55(6,7)68-14)47(62-50)64-52-44-37(23-18-26-40(44)69-30-27-53(2,3)66-12)48(65-52)63-51-42-35(46(59-49)61-51)21-16-24-38(42)56(8,9)70-31-28-54(4,5)67-13;1-6(2,8-3)4-5-7;1-2;/h15-26H,27-32H2,1-14H3;7H,4-5H2,1-3H3;1-2H3;/q-2;;;+2. The Labute approximate surface area is 498 Å². The smallest absolute Gasteiger partial charge is 0.493 e. The zero-order chi connectivity index (χ0) is 59.3. The number of fused-ring (bicyclic) bond motifs is 20. The van der Waals surface area contributed by atoms with Crippen molar-refractivity contribution in [3.8, 4) is 51.3 Å². The zero-order valence-electron chi connectivity index (χ0n) is 52.2. The van der Waals surface area contributed by atoms with Crippen LogP contribution in [0.1, 0.15) is 139 Å². The van der Waals surface area contributed by atoms with E-state index in [1.165, 1.54) is 0 Å². The molecule has 0 spiro atoms. The Morgan fingerprint density at radius 3 is 1.24 bits per heavy atom. The minimum atomic E-state index is -0.770. The van der Waals surface area contributed by atoms with Gasteiger partial charge in [0, 0.05) is 91.7 Å². The number of methoxy groups -OCH3 is 4. The zero-order valence-corrected chi connectivity index (χ0v) is 55.1. The molecule has 0 fully saturated rings. The third-order valence-corrected chi connectivity index (χ3v) is 15.5. The van der Waals surface area contributed by atoms with Crippen LogP contribution < -0.4 is 14.7 Å². The van der Waals surface area contributed by atoms with Crippen LogP contribution in [-0.2, 0) is 59.1 Å². The van der Waals surface area contributed by atoms with E-state index in [4.69, 9.17) is 78.1 Å². The van der Waals surface area contributed by atoms with E-state index in [-0.39, 0.29) is 42.9 Å². The molecule has 0 atom stereocenters. The molecule has 8 bridgehead atoms. The topological polar surface area (TPSA) is 190 Å². The summed E-state index contributed by atoms with van der Waals surface area (Å²) in [6, 6.07) is 24.2. The van der Waals surface area contributed by atoms with Crippen molar-refractivity contribution in [2.45, 2.75) is 163 Å². The molecular formula is C65H86N8O8Zn. The Balaban J connectivity index is 0.000000906. The number of aryl methyl sites for hydroxylation is 1. The van der Waals surface area contributed by atoms with Crippen LogP contribution in [0, 0.1) is 6.92 Å². The van der Waals surface area contributed by atoms with Gasteiger partial charge < -0.3 is 68.2 Å². The minimum Gasteiger partial charge on any atom is -0.493 e. The first-order chi connectivity index (χ1) is 38.3. The number of nitrogens with zero attached hydrogens (tertiary/aromatic N) is 8. The largest absolute Gasteiger partial charge is 2.00 e. The van der Waals surface area contributed by atoms with Crippen LogP contribution in [0.2, 0.25) is 0 Å². The van der Waals surface area contributed by atoms with Crippen LogP contribution in [0.25, 0.3) is 89.7 Å². The summed E-state index contributed by atoms with van der Waals surface area (Å²) in [5, 5.41) is 11.6. The number of rotatable bonds is 20. The van der Waals surface area contributed by atoms with Crippen LogP contribution in [-0.4, -0.2) is 112 Å². The summed E-state index contributed by atoms with van der Waals surface area (Å²) in [7, 11) is 6.81. The first-order valence-electron chi connectivity index (χ1n) is 28.2. The molecular weight excluding hydrogens is 1090 g/mol. The number of aromatic nitrogens is 8. The third-order valence-electron chi connectivity index (χ3n) is 15.5. The van der Waals surface area contributed by atoms with Gasteiger partial charge in [0.25, 0.3) is 0 Å². The van der Waals surface area contributed by atoms with E-state index >= 15 is 0 Å². The van der Waals surface area contributed by atoms with Crippen LogP contribution in [0.4, 0.5) is 0 Å². The Kier molecular flexibility index (Phi) is 21.2. The molecule has 2 aliphatic heterocycles. The Morgan fingerprint density at radius 1 is 0.439 bits per heavy atom. The monoisotopic (exact) mass is 1170 g/mol. The molecule has 3 aromatic heterocycles. The molecule has 0 saturated carbocycles. The van der Waals surface area contributed by atoms with E-state index in [1.54, 1.807) is 28.4 Å². The van der Waals surface area contributed by atoms with Crippen LogP contribution >= 0.6 is 0 Å². The van der Waals surface area contributed by atoms with Crippen molar-refractivity contribution in [1.29, 1.82) is 0 Å². The number of hydrogen-bond acceptors (Lipinski definition) is 14. The van der Waals surface area contributed by atoms with Crippen molar-refractivity contribution in [1.82, 2.24) is 39.9 Å². The quantitative estimate of drug-likeness (QED) is 0.0708. The fourth-order valence-corrected chi connectivity index (χ4v) is 9.46. The summed E-state index contributed by atoms with van der Waals surface area (Å²) in [5.74, 6) is 2.38. The van der Waals surface area contributed by atoms with E-state index < -0.39 is 16.8 Å². The summed E-state index contributed by atoms with van der Waals surface area (Å²) < 4.78 is 42.3. The fraction of sp³-hybridized carbons (Fsp3) is 0.508. The molecule has 82 heavy (non-hydrogen) atoms. The maximum atomic E-state index is 8.45. The van der Waals surface area contributed by atoms with Gasteiger partial charge in [-0.15, -0.1) is 0 Å². The summed E-state index contributed by atoms with van der Waals surface area (Å²) in [4.78, 5) is 42.4. The van der Waals surface area contributed by atoms with E-state index in [0.29, 0.717) is 103 Å². The third kappa shape index (κ3) is 14.6. The van der Waals surface area contributed by atoms with Gasteiger partial charge in [-0.2, -0.15) is 0 Å². The average molecular weight is 1170 g/mol. The van der Waals surface area contributed by atoms with E-state index in [1.807, 2.05) is 96.1 Å². The van der Waals surface area contributed by atoms with Crippen molar-refractivity contribution in [3.05, 3.63) is 89.5 Å².